The van der Waals surface area contributed by atoms with Gasteiger partial charge in [0.25, 0.3) is 5.91 Å². The predicted molar refractivity (Wildman–Crippen MR) is 105 cm³/mol. The number of amides is 1. The van der Waals surface area contributed by atoms with Gasteiger partial charge >= 0.3 is 0 Å². The Bertz CT molecular complexity index is 784. The molecule has 1 heterocycles. The van der Waals surface area contributed by atoms with Crippen molar-refractivity contribution < 1.29 is 4.79 Å². The van der Waals surface area contributed by atoms with Crippen molar-refractivity contribution in [2.24, 2.45) is 0 Å². The molecule has 1 aliphatic heterocycles. The molecule has 0 spiro atoms. The van der Waals surface area contributed by atoms with Crippen molar-refractivity contribution in [3.8, 4) is 0 Å². The van der Waals surface area contributed by atoms with Gasteiger partial charge in [0.2, 0.25) is 0 Å². The minimum Gasteiger partial charge on any atom is -0.268 e. The first-order chi connectivity index (χ1) is 11.1. The van der Waals surface area contributed by atoms with Crippen LogP contribution in [0.4, 0.5) is 5.69 Å². The maximum absolute atomic E-state index is 12.6. The van der Waals surface area contributed by atoms with Crippen molar-refractivity contribution in [2.45, 2.75) is 4.90 Å². The van der Waals surface area contributed by atoms with E-state index in [2.05, 4.69) is 0 Å². The van der Waals surface area contributed by atoms with Crippen LogP contribution in [0, 0.1) is 0 Å². The third kappa shape index (κ3) is 3.63. The fourth-order valence-corrected chi connectivity index (χ4v) is 3.97. The molecule has 3 rings (SSSR count). The summed E-state index contributed by atoms with van der Waals surface area (Å²) >= 11 is 14.3. The number of halogens is 1. The SMILES string of the molecule is CSc1ccc(/C=C2\SC(=S)N(c3ccc(Cl)cc3)C2=O)cc1. The van der Waals surface area contributed by atoms with Crippen LogP contribution in [-0.4, -0.2) is 16.5 Å². The highest BCUT2D eigenvalue weighted by molar-refractivity contribution is 8.27. The second-order valence-corrected chi connectivity index (χ2v) is 7.76. The molecule has 2 nitrogen and oxygen atoms in total. The first-order valence-electron chi connectivity index (χ1n) is 6.76. The van der Waals surface area contributed by atoms with Crippen LogP contribution < -0.4 is 4.90 Å². The predicted octanol–water partition coefficient (Wildman–Crippen LogP) is 5.47. The minimum atomic E-state index is -0.101. The van der Waals surface area contributed by atoms with Crippen molar-refractivity contribution in [3.63, 3.8) is 0 Å². The standard InChI is InChI=1S/C17H12ClNOS3/c1-22-14-8-2-11(3-9-14)10-15-16(20)19(17(21)23-15)13-6-4-12(18)5-7-13/h2-10H,1H3/b15-10-. The van der Waals surface area contributed by atoms with E-state index in [-0.39, 0.29) is 5.91 Å². The van der Waals surface area contributed by atoms with Crippen molar-refractivity contribution in [1.82, 2.24) is 0 Å². The molecule has 0 unspecified atom stereocenters. The molecule has 0 N–H and O–H groups in total. The van der Waals surface area contributed by atoms with Gasteiger partial charge in [-0.3, -0.25) is 9.69 Å². The van der Waals surface area contributed by atoms with Crippen molar-refractivity contribution in [2.75, 3.05) is 11.2 Å². The van der Waals surface area contributed by atoms with Crippen LogP contribution in [0.5, 0.6) is 0 Å². The minimum absolute atomic E-state index is 0.101. The van der Waals surface area contributed by atoms with Gasteiger partial charge < -0.3 is 0 Å². The van der Waals surface area contributed by atoms with Crippen LogP contribution in [0.2, 0.25) is 5.02 Å². The molecule has 0 aliphatic carbocycles. The molecule has 0 bridgehead atoms. The molecule has 23 heavy (non-hydrogen) atoms. The molecule has 6 heteroatoms. The van der Waals surface area contributed by atoms with E-state index in [4.69, 9.17) is 23.8 Å². The molecule has 0 atom stereocenters. The summed E-state index contributed by atoms with van der Waals surface area (Å²) in [6, 6.07) is 15.2. The molecule has 0 saturated carbocycles. The van der Waals surface area contributed by atoms with Crippen molar-refractivity contribution in [3.05, 3.63) is 64.0 Å². The summed E-state index contributed by atoms with van der Waals surface area (Å²) < 4.78 is 0.532. The van der Waals surface area contributed by atoms with Gasteiger partial charge in [0, 0.05) is 9.92 Å². The molecule has 1 fully saturated rings. The van der Waals surface area contributed by atoms with Gasteiger partial charge in [0.1, 0.15) is 0 Å². The average molecular weight is 378 g/mol. The Morgan fingerprint density at radius 3 is 2.39 bits per heavy atom. The number of benzene rings is 2. The lowest BCUT2D eigenvalue weighted by Gasteiger charge is -2.14. The second-order valence-electron chi connectivity index (χ2n) is 4.77. The molecule has 0 radical (unpaired) electrons. The Balaban J connectivity index is 1.88. The number of rotatable bonds is 3. The van der Waals surface area contributed by atoms with Crippen LogP contribution in [0.3, 0.4) is 0 Å². The van der Waals surface area contributed by atoms with E-state index in [1.54, 1.807) is 40.9 Å². The summed E-state index contributed by atoms with van der Waals surface area (Å²) in [4.78, 5) is 16.0. The van der Waals surface area contributed by atoms with E-state index >= 15 is 0 Å². The van der Waals surface area contributed by atoms with Gasteiger partial charge in [-0.2, -0.15) is 0 Å². The number of carbonyl (C=O) groups excluding carboxylic acids is 1. The highest BCUT2D eigenvalue weighted by atomic mass is 35.5. The van der Waals surface area contributed by atoms with Crippen LogP contribution in [0.15, 0.2) is 58.3 Å². The molecule has 2 aromatic rings. The smallest absolute Gasteiger partial charge is 0.268 e. The van der Waals surface area contributed by atoms with Gasteiger partial charge in [0.05, 0.1) is 10.6 Å². The lowest BCUT2D eigenvalue weighted by atomic mass is 10.2. The maximum atomic E-state index is 12.6. The molecule has 116 valence electrons. The quantitative estimate of drug-likeness (QED) is 0.401. The summed E-state index contributed by atoms with van der Waals surface area (Å²) in [5, 5.41) is 0.628. The number of hydrogen-bond donors (Lipinski definition) is 0. The van der Waals surface area contributed by atoms with Gasteiger partial charge in [-0.25, -0.2) is 0 Å². The fraction of sp³-hybridized carbons (Fsp3) is 0.0588. The van der Waals surface area contributed by atoms with Gasteiger partial charge in [-0.15, -0.1) is 11.8 Å². The number of thioether (sulfide) groups is 2. The van der Waals surface area contributed by atoms with Crippen molar-refractivity contribution >= 4 is 69.3 Å². The Hall–Kier alpha value is -1.27. The number of thiocarbonyl (C=S) groups is 1. The first kappa shape index (κ1) is 16.6. The first-order valence-corrected chi connectivity index (χ1v) is 9.59. The van der Waals surface area contributed by atoms with Crippen LogP contribution >= 0.6 is 47.3 Å². The van der Waals surface area contributed by atoms with Gasteiger partial charge in [0.15, 0.2) is 4.32 Å². The van der Waals surface area contributed by atoms with Gasteiger partial charge in [-0.05, 0) is 54.3 Å². The van der Waals surface area contributed by atoms with E-state index in [0.717, 1.165) is 11.3 Å². The van der Waals surface area contributed by atoms with E-state index in [1.807, 2.05) is 36.6 Å². The number of anilines is 1. The summed E-state index contributed by atoms with van der Waals surface area (Å²) in [7, 11) is 0. The Kier molecular flexibility index (Phi) is 5.11. The van der Waals surface area contributed by atoms with Crippen LogP contribution in [0.25, 0.3) is 6.08 Å². The molecular weight excluding hydrogens is 366 g/mol. The second kappa shape index (κ2) is 7.09. The van der Waals surface area contributed by atoms with E-state index in [1.165, 1.54) is 16.7 Å². The monoisotopic (exact) mass is 377 g/mol. The summed E-state index contributed by atoms with van der Waals surface area (Å²) in [5.74, 6) is -0.101. The lowest BCUT2D eigenvalue weighted by molar-refractivity contribution is -0.113. The molecule has 0 aromatic heterocycles. The molecule has 1 saturated heterocycles. The molecule has 1 amide bonds. The number of carbonyl (C=O) groups is 1. The largest absolute Gasteiger partial charge is 0.270 e. The van der Waals surface area contributed by atoms with E-state index in [0.29, 0.717) is 14.2 Å². The van der Waals surface area contributed by atoms with Gasteiger partial charge in [-0.1, -0.05) is 47.7 Å². The Morgan fingerprint density at radius 2 is 1.78 bits per heavy atom. The zero-order valence-electron chi connectivity index (χ0n) is 12.2. The highest BCUT2D eigenvalue weighted by Crippen LogP contribution is 2.36. The summed E-state index contributed by atoms with van der Waals surface area (Å²) in [5.41, 5.74) is 1.72. The highest BCUT2D eigenvalue weighted by Gasteiger charge is 2.33. The molecule has 2 aromatic carbocycles. The van der Waals surface area contributed by atoms with Crippen molar-refractivity contribution in [1.29, 1.82) is 0 Å². The lowest BCUT2D eigenvalue weighted by Crippen LogP contribution is -2.27. The number of nitrogens with zero attached hydrogens (tertiary/aromatic N) is 1. The summed E-state index contributed by atoms with van der Waals surface area (Å²) in [6.45, 7) is 0. The van der Waals surface area contributed by atoms with E-state index < -0.39 is 0 Å². The number of hydrogen-bond acceptors (Lipinski definition) is 4. The van der Waals surface area contributed by atoms with Crippen LogP contribution in [0.1, 0.15) is 5.56 Å². The Labute approximate surface area is 153 Å². The Morgan fingerprint density at radius 1 is 1.13 bits per heavy atom. The fourth-order valence-electron chi connectivity index (χ4n) is 2.13. The summed E-state index contributed by atoms with van der Waals surface area (Å²) in [6.07, 6.45) is 3.91. The van der Waals surface area contributed by atoms with E-state index in [9.17, 15) is 4.79 Å². The normalized spacial score (nSPS) is 16.4. The maximum Gasteiger partial charge on any atom is 0.270 e. The zero-order chi connectivity index (χ0) is 16.4. The molecule has 1 aliphatic rings. The van der Waals surface area contributed by atoms with Crippen LogP contribution in [-0.2, 0) is 4.79 Å². The molecular formula is C17H12ClNOS3. The zero-order valence-corrected chi connectivity index (χ0v) is 15.4. The third-order valence-corrected chi connectivity index (χ3v) is 5.59. The topological polar surface area (TPSA) is 20.3 Å². The third-order valence-electron chi connectivity index (χ3n) is 3.29. The average Bonchev–Trinajstić information content (AvgIpc) is 2.83.